The maximum atomic E-state index is 13.4. The number of Topliss-reactive ketones (excluding diaryl/α,β-unsaturated/α-hetero) is 1. The van der Waals surface area contributed by atoms with Gasteiger partial charge in [0, 0.05) is 24.0 Å². The van der Waals surface area contributed by atoms with Crippen LogP contribution in [-0.2, 0) is 20.8 Å². The van der Waals surface area contributed by atoms with Gasteiger partial charge in [0.05, 0.1) is 18.9 Å². The molecule has 2 fully saturated rings. The van der Waals surface area contributed by atoms with Crippen molar-refractivity contribution in [2.45, 2.75) is 51.0 Å². The van der Waals surface area contributed by atoms with Crippen molar-refractivity contribution in [3.05, 3.63) is 54.1 Å². The molecule has 8 nitrogen and oxygen atoms in total. The molecule has 1 aromatic heterocycles. The summed E-state index contributed by atoms with van der Waals surface area (Å²) in [6.45, 7) is 0.399. The van der Waals surface area contributed by atoms with Crippen molar-refractivity contribution < 1.29 is 24.0 Å². The minimum atomic E-state index is -0.629. The second-order valence-electron chi connectivity index (χ2n) is 9.42. The van der Waals surface area contributed by atoms with Crippen LogP contribution in [0.2, 0.25) is 0 Å². The summed E-state index contributed by atoms with van der Waals surface area (Å²) in [5, 5.41) is 11.7. The van der Waals surface area contributed by atoms with E-state index < -0.39 is 12.0 Å². The molecule has 2 aromatic rings. The van der Waals surface area contributed by atoms with Gasteiger partial charge in [-0.15, -0.1) is 0 Å². The average molecular weight is 483 g/mol. The molecule has 2 aliphatic rings. The Morgan fingerprint density at radius 2 is 1.86 bits per heavy atom. The van der Waals surface area contributed by atoms with Gasteiger partial charge in [-0.25, -0.2) is 14.9 Å². The number of nitrogens with zero attached hydrogens (tertiary/aromatic N) is 3. The van der Waals surface area contributed by atoms with E-state index in [1.807, 2.05) is 6.07 Å². The predicted octanol–water partition coefficient (Wildman–Crippen LogP) is 3.15. The Balaban J connectivity index is 1.41. The fourth-order valence-corrected chi connectivity index (χ4v) is 5.10. The van der Waals surface area contributed by atoms with Crippen molar-refractivity contribution >= 4 is 18.1 Å². The van der Waals surface area contributed by atoms with E-state index in [0.29, 0.717) is 42.5 Å². The van der Waals surface area contributed by atoms with Gasteiger partial charge in [-0.1, -0.05) is 43.9 Å². The SMILES string of the molecule is O=CN(O)C[C@@H](CC1CCCC1)C(=O)N1NCC[C@H]1C(=O)Cc1ccc(-c2ccc(F)cc2)cn1. The molecule has 186 valence electrons. The van der Waals surface area contributed by atoms with Gasteiger partial charge < -0.3 is 0 Å². The van der Waals surface area contributed by atoms with Crippen LogP contribution < -0.4 is 5.43 Å². The molecule has 1 aliphatic heterocycles. The minimum Gasteiger partial charge on any atom is -0.297 e. The highest BCUT2D eigenvalue weighted by Crippen LogP contribution is 2.32. The van der Waals surface area contributed by atoms with Crippen molar-refractivity contribution in [3.8, 4) is 11.1 Å². The molecule has 1 saturated carbocycles. The lowest BCUT2D eigenvalue weighted by Gasteiger charge is -2.29. The Morgan fingerprint density at radius 3 is 2.51 bits per heavy atom. The number of carbonyl (C=O) groups is 3. The number of nitrogens with one attached hydrogen (secondary N) is 1. The molecule has 0 unspecified atom stereocenters. The average Bonchev–Trinajstić information content (AvgIpc) is 3.56. The van der Waals surface area contributed by atoms with E-state index in [-0.39, 0.29) is 30.5 Å². The number of pyridine rings is 1. The lowest BCUT2D eigenvalue weighted by atomic mass is 9.91. The maximum absolute atomic E-state index is 13.4. The molecule has 2 N–H and O–H groups in total. The largest absolute Gasteiger partial charge is 0.297 e. The normalized spacial score (nSPS) is 19.0. The number of amides is 2. The smallest absolute Gasteiger partial charge is 0.242 e. The van der Waals surface area contributed by atoms with Gasteiger partial charge in [-0.3, -0.25) is 29.6 Å². The first kappa shape index (κ1) is 24.9. The van der Waals surface area contributed by atoms with Crippen LogP contribution in [-0.4, -0.2) is 57.5 Å². The number of hydrazine groups is 1. The zero-order valence-electron chi connectivity index (χ0n) is 19.6. The Kier molecular flexibility index (Phi) is 8.20. The number of carbonyl (C=O) groups excluding carboxylic acids is 3. The summed E-state index contributed by atoms with van der Waals surface area (Å²) in [6, 6.07) is 9.09. The zero-order valence-corrected chi connectivity index (χ0v) is 19.6. The Morgan fingerprint density at radius 1 is 1.14 bits per heavy atom. The van der Waals surface area contributed by atoms with E-state index in [4.69, 9.17) is 0 Å². The lowest BCUT2D eigenvalue weighted by Crippen LogP contribution is -2.51. The summed E-state index contributed by atoms with van der Waals surface area (Å²) >= 11 is 0. The number of hydrogen-bond acceptors (Lipinski definition) is 6. The summed E-state index contributed by atoms with van der Waals surface area (Å²) in [6.07, 6.45) is 7.41. The molecule has 35 heavy (non-hydrogen) atoms. The number of hydrogen-bond donors (Lipinski definition) is 2. The van der Waals surface area contributed by atoms with Gasteiger partial charge in [-0.2, -0.15) is 0 Å². The van der Waals surface area contributed by atoms with E-state index >= 15 is 0 Å². The molecular formula is C26H31FN4O4. The zero-order chi connectivity index (χ0) is 24.8. The van der Waals surface area contributed by atoms with Crippen molar-refractivity contribution in [2.24, 2.45) is 11.8 Å². The van der Waals surface area contributed by atoms with Crippen LogP contribution in [0.25, 0.3) is 11.1 Å². The number of ketones is 1. The maximum Gasteiger partial charge on any atom is 0.242 e. The molecule has 0 spiro atoms. The summed E-state index contributed by atoms with van der Waals surface area (Å²) in [4.78, 5) is 41.9. The molecule has 9 heteroatoms. The molecule has 2 atom stereocenters. The molecule has 2 heterocycles. The molecule has 1 aromatic carbocycles. The van der Waals surface area contributed by atoms with Gasteiger partial charge in [-0.05, 0) is 42.5 Å². The summed E-state index contributed by atoms with van der Waals surface area (Å²) in [5.74, 6) is -0.905. The van der Waals surface area contributed by atoms with Gasteiger partial charge in [0.15, 0.2) is 5.78 Å². The van der Waals surface area contributed by atoms with E-state index in [9.17, 15) is 24.0 Å². The third-order valence-electron chi connectivity index (χ3n) is 6.95. The second-order valence-corrected chi connectivity index (χ2v) is 9.42. The molecule has 0 bridgehead atoms. The number of rotatable bonds is 10. The molecule has 1 aliphatic carbocycles. The van der Waals surface area contributed by atoms with Crippen molar-refractivity contribution in [1.82, 2.24) is 20.5 Å². The Hall–Kier alpha value is -3.17. The van der Waals surface area contributed by atoms with Crippen LogP contribution in [0.15, 0.2) is 42.6 Å². The van der Waals surface area contributed by atoms with E-state index in [1.54, 1.807) is 24.4 Å². The lowest BCUT2D eigenvalue weighted by molar-refractivity contribution is -0.159. The standard InChI is InChI=1S/C26H31FN4O4/c27-22-8-5-19(6-9-22)20-7-10-23(28-15-20)14-25(33)24-11-12-29-31(24)26(34)21(16-30(35)17-32)13-18-3-1-2-4-18/h5-10,15,17-18,21,24,29,35H,1-4,11-14,16H2/t21-,24+/m1/s1. The third kappa shape index (κ3) is 6.29. The van der Waals surface area contributed by atoms with Crippen molar-refractivity contribution in [1.29, 1.82) is 0 Å². The summed E-state index contributed by atoms with van der Waals surface area (Å²) in [7, 11) is 0. The van der Waals surface area contributed by atoms with Gasteiger partial charge in [0.25, 0.3) is 0 Å². The van der Waals surface area contributed by atoms with E-state index in [0.717, 1.165) is 36.8 Å². The minimum absolute atomic E-state index is 0.0770. The van der Waals surface area contributed by atoms with E-state index in [1.165, 1.54) is 17.1 Å². The van der Waals surface area contributed by atoms with E-state index in [2.05, 4.69) is 10.4 Å². The molecule has 4 rings (SSSR count). The van der Waals surface area contributed by atoms with Gasteiger partial charge in [0.1, 0.15) is 11.9 Å². The van der Waals surface area contributed by atoms with Crippen molar-refractivity contribution in [3.63, 3.8) is 0 Å². The molecule has 1 saturated heterocycles. The Labute approximate surface area is 204 Å². The first-order chi connectivity index (χ1) is 16.9. The van der Waals surface area contributed by atoms with Crippen LogP contribution in [0.1, 0.15) is 44.2 Å². The predicted molar refractivity (Wildman–Crippen MR) is 126 cm³/mol. The number of benzene rings is 1. The van der Waals surface area contributed by atoms with Crippen LogP contribution in [0, 0.1) is 17.7 Å². The molecular weight excluding hydrogens is 451 g/mol. The van der Waals surface area contributed by atoms with Gasteiger partial charge in [0.2, 0.25) is 12.3 Å². The second kappa shape index (κ2) is 11.5. The van der Waals surface area contributed by atoms with Crippen LogP contribution in [0.5, 0.6) is 0 Å². The molecule has 0 radical (unpaired) electrons. The highest BCUT2D eigenvalue weighted by Gasteiger charge is 2.38. The number of hydroxylamine groups is 2. The quantitative estimate of drug-likeness (QED) is 0.306. The topological polar surface area (TPSA) is 103 Å². The highest BCUT2D eigenvalue weighted by molar-refractivity contribution is 5.91. The molecule has 2 amide bonds. The van der Waals surface area contributed by atoms with Crippen LogP contribution >= 0.6 is 0 Å². The van der Waals surface area contributed by atoms with Gasteiger partial charge >= 0.3 is 0 Å². The monoisotopic (exact) mass is 482 g/mol. The van der Waals surface area contributed by atoms with Crippen LogP contribution in [0.4, 0.5) is 4.39 Å². The fourth-order valence-electron chi connectivity index (χ4n) is 5.10. The number of halogens is 1. The fraction of sp³-hybridized carbons (Fsp3) is 0.462. The first-order valence-corrected chi connectivity index (χ1v) is 12.2. The summed E-state index contributed by atoms with van der Waals surface area (Å²) < 4.78 is 13.2. The highest BCUT2D eigenvalue weighted by atomic mass is 19.1. The van der Waals surface area contributed by atoms with Crippen molar-refractivity contribution in [2.75, 3.05) is 13.1 Å². The van der Waals surface area contributed by atoms with Crippen LogP contribution in [0.3, 0.4) is 0 Å². The summed E-state index contributed by atoms with van der Waals surface area (Å²) in [5.41, 5.74) is 5.26. The third-order valence-corrected chi connectivity index (χ3v) is 6.95. The Bertz CT molecular complexity index is 1020. The number of aromatic nitrogens is 1. The first-order valence-electron chi connectivity index (χ1n) is 12.2.